The van der Waals surface area contributed by atoms with Crippen molar-refractivity contribution in [3.05, 3.63) is 47.3 Å². The molecule has 138 valence electrons. The second-order valence-corrected chi connectivity index (χ2v) is 8.32. The lowest BCUT2D eigenvalue weighted by atomic mass is 9.90. The van der Waals surface area contributed by atoms with Gasteiger partial charge in [0.25, 0.3) is 0 Å². The van der Waals surface area contributed by atoms with E-state index in [0.717, 1.165) is 23.0 Å². The van der Waals surface area contributed by atoms with Crippen molar-refractivity contribution < 1.29 is 4.79 Å². The van der Waals surface area contributed by atoms with Gasteiger partial charge in [0.1, 0.15) is 5.54 Å². The van der Waals surface area contributed by atoms with Crippen molar-refractivity contribution in [2.45, 2.75) is 57.0 Å². The number of nitrogens with one attached hydrogen (secondary N) is 2. The fourth-order valence-corrected chi connectivity index (χ4v) is 3.24. The predicted octanol–water partition coefficient (Wildman–Crippen LogP) is 3.84. The van der Waals surface area contributed by atoms with Crippen LogP contribution in [0.2, 0.25) is 0 Å². The Balaban J connectivity index is 2.03. The van der Waals surface area contributed by atoms with Gasteiger partial charge in [-0.2, -0.15) is 5.26 Å². The number of H-pyrrole nitrogens is 1. The van der Waals surface area contributed by atoms with E-state index in [1.807, 2.05) is 45.9 Å². The first kappa shape index (κ1) is 20.1. The maximum absolute atomic E-state index is 12.5. The van der Waals surface area contributed by atoms with Gasteiger partial charge in [-0.25, -0.2) is 4.98 Å². The van der Waals surface area contributed by atoms with Gasteiger partial charge in [0.05, 0.1) is 17.0 Å². The van der Waals surface area contributed by atoms with Gasteiger partial charge in [-0.15, -0.1) is 0 Å². The molecule has 0 spiro atoms. The Morgan fingerprint density at radius 2 is 2.00 bits per heavy atom. The molecule has 2 N–H and O–H groups in total. The maximum Gasteiger partial charge on any atom is 0.234 e. The van der Waals surface area contributed by atoms with Crippen LogP contribution in [-0.4, -0.2) is 26.7 Å². The van der Waals surface area contributed by atoms with Crippen LogP contribution in [-0.2, 0) is 11.2 Å². The summed E-state index contributed by atoms with van der Waals surface area (Å²) < 4.78 is 0. The first-order valence-corrected chi connectivity index (χ1v) is 9.62. The number of rotatable bonds is 7. The van der Waals surface area contributed by atoms with Crippen molar-refractivity contribution in [1.82, 2.24) is 15.3 Å². The number of thioether (sulfide) groups is 1. The number of amides is 1. The SMILES string of the molecule is Cc1[nH]c(S[C@H](C)C(=O)N[C@](C)(C#N)C(C)C)nc1Cc1ccccc1. The molecule has 5 nitrogen and oxygen atoms in total. The van der Waals surface area contributed by atoms with E-state index in [9.17, 15) is 10.1 Å². The van der Waals surface area contributed by atoms with E-state index < -0.39 is 5.54 Å². The highest BCUT2D eigenvalue weighted by Gasteiger charge is 2.32. The Hall–Kier alpha value is -2.26. The Bertz CT molecular complexity index is 794. The quantitative estimate of drug-likeness (QED) is 0.726. The van der Waals surface area contributed by atoms with Crippen LogP contribution in [0, 0.1) is 24.2 Å². The van der Waals surface area contributed by atoms with E-state index in [4.69, 9.17) is 0 Å². The normalized spacial score (nSPS) is 14.5. The van der Waals surface area contributed by atoms with Gasteiger partial charge in [-0.05, 0) is 32.3 Å². The van der Waals surface area contributed by atoms with Crippen LogP contribution in [0.4, 0.5) is 0 Å². The van der Waals surface area contributed by atoms with Gasteiger partial charge < -0.3 is 10.3 Å². The minimum atomic E-state index is -0.872. The number of carbonyl (C=O) groups excluding carboxylic acids is 1. The molecule has 0 bridgehead atoms. The summed E-state index contributed by atoms with van der Waals surface area (Å²) in [4.78, 5) is 20.4. The molecule has 1 aromatic carbocycles. The monoisotopic (exact) mass is 370 g/mol. The lowest BCUT2D eigenvalue weighted by Gasteiger charge is -2.28. The first-order valence-electron chi connectivity index (χ1n) is 8.74. The number of aromatic amines is 1. The summed E-state index contributed by atoms with van der Waals surface area (Å²) >= 11 is 1.37. The van der Waals surface area contributed by atoms with Gasteiger partial charge in [-0.3, -0.25) is 4.79 Å². The topological polar surface area (TPSA) is 81.6 Å². The molecule has 0 aliphatic rings. The molecule has 1 heterocycles. The fraction of sp³-hybridized carbons (Fsp3) is 0.450. The van der Waals surface area contributed by atoms with E-state index in [0.29, 0.717) is 0 Å². The second kappa shape index (κ2) is 8.41. The van der Waals surface area contributed by atoms with Crippen molar-refractivity contribution in [3.63, 3.8) is 0 Å². The molecule has 0 saturated carbocycles. The van der Waals surface area contributed by atoms with Crippen molar-refractivity contribution in [1.29, 1.82) is 5.26 Å². The standard InChI is InChI=1S/C20H26N4OS/c1-13(2)20(5,12-21)24-18(25)15(4)26-19-22-14(3)17(23-19)11-16-9-7-6-8-10-16/h6-10,13,15H,11H2,1-5H3,(H,22,23)(H,24,25)/t15-,20-/m1/s1. The van der Waals surface area contributed by atoms with E-state index in [-0.39, 0.29) is 17.1 Å². The average molecular weight is 371 g/mol. The Morgan fingerprint density at radius 1 is 1.35 bits per heavy atom. The molecule has 0 fully saturated rings. The molecular weight excluding hydrogens is 344 g/mol. The summed E-state index contributed by atoms with van der Waals surface area (Å²) in [5, 5.41) is 12.6. The third kappa shape index (κ3) is 4.89. The van der Waals surface area contributed by atoms with Crippen LogP contribution >= 0.6 is 11.8 Å². The number of nitrogens with zero attached hydrogens (tertiary/aromatic N) is 2. The summed E-state index contributed by atoms with van der Waals surface area (Å²) in [7, 11) is 0. The average Bonchev–Trinajstić information content (AvgIpc) is 2.94. The van der Waals surface area contributed by atoms with Gasteiger partial charge in [0.2, 0.25) is 5.91 Å². The van der Waals surface area contributed by atoms with E-state index in [2.05, 4.69) is 33.5 Å². The molecule has 0 unspecified atom stereocenters. The summed E-state index contributed by atoms with van der Waals surface area (Å²) in [5.74, 6) is -0.136. The summed E-state index contributed by atoms with van der Waals surface area (Å²) in [6, 6.07) is 12.4. The van der Waals surface area contributed by atoms with Gasteiger partial charge in [-0.1, -0.05) is 55.9 Å². The minimum absolute atomic E-state index is 0.0250. The number of nitriles is 1. The molecule has 1 amide bonds. The number of hydrogen-bond donors (Lipinski definition) is 2. The van der Waals surface area contributed by atoms with E-state index in [1.165, 1.54) is 17.3 Å². The number of carbonyl (C=O) groups is 1. The molecule has 2 rings (SSSR count). The third-order valence-electron chi connectivity index (χ3n) is 4.61. The zero-order chi connectivity index (χ0) is 19.3. The van der Waals surface area contributed by atoms with Crippen LogP contribution in [0.15, 0.2) is 35.5 Å². The smallest absolute Gasteiger partial charge is 0.234 e. The molecule has 26 heavy (non-hydrogen) atoms. The predicted molar refractivity (Wildman–Crippen MR) is 105 cm³/mol. The zero-order valence-corrected chi connectivity index (χ0v) is 16.8. The Morgan fingerprint density at radius 3 is 2.58 bits per heavy atom. The molecule has 0 saturated heterocycles. The largest absolute Gasteiger partial charge is 0.337 e. The van der Waals surface area contributed by atoms with Crippen LogP contribution in [0.3, 0.4) is 0 Å². The van der Waals surface area contributed by atoms with Gasteiger partial charge in [0.15, 0.2) is 5.16 Å². The number of hydrogen-bond acceptors (Lipinski definition) is 4. The van der Waals surface area contributed by atoms with Crippen molar-refractivity contribution >= 4 is 17.7 Å². The van der Waals surface area contributed by atoms with Crippen LogP contribution in [0.5, 0.6) is 0 Å². The highest BCUT2D eigenvalue weighted by atomic mass is 32.2. The van der Waals surface area contributed by atoms with E-state index >= 15 is 0 Å². The highest BCUT2D eigenvalue weighted by Crippen LogP contribution is 2.24. The van der Waals surface area contributed by atoms with Crippen molar-refractivity contribution in [3.8, 4) is 6.07 Å². The summed E-state index contributed by atoms with van der Waals surface area (Å²) in [6.45, 7) is 9.42. The number of aromatic nitrogens is 2. The molecule has 0 aliphatic heterocycles. The molecule has 0 radical (unpaired) electrons. The van der Waals surface area contributed by atoms with Crippen molar-refractivity contribution in [2.24, 2.45) is 5.92 Å². The maximum atomic E-state index is 12.5. The van der Waals surface area contributed by atoms with Crippen LogP contribution < -0.4 is 5.32 Å². The number of aryl methyl sites for hydroxylation is 1. The molecule has 1 aromatic heterocycles. The Labute approximate surface area is 159 Å². The van der Waals surface area contributed by atoms with E-state index in [1.54, 1.807) is 6.92 Å². The summed E-state index contributed by atoms with van der Waals surface area (Å²) in [6.07, 6.45) is 0.754. The number of benzene rings is 1. The highest BCUT2D eigenvalue weighted by molar-refractivity contribution is 8.00. The lowest BCUT2D eigenvalue weighted by molar-refractivity contribution is -0.121. The van der Waals surface area contributed by atoms with Gasteiger partial charge >= 0.3 is 0 Å². The molecule has 0 aliphatic carbocycles. The van der Waals surface area contributed by atoms with Gasteiger partial charge in [0, 0.05) is 12.1 Å². The lowest BCUT2D eigenvalue weighted by Crippen LogP contribution is -2.51. The summed E-state index contributed by atoms with van der Waals surface area (Å²) in [5.41, 5.74) is 2.32. The van der Waals surface area contributed by atoms with Crippen molar-refractivity contribution in [2.75, 3.05) is 0 Å². The third-order valence-corrected chi connectivity index (χ3v) is 5.59. The minimum Gasteiger partial charge on any atom is -0.337 e. The molecule has 6 heteroatoms. The first-order chi connectivity index (χ1) is 12.2. The second-order valence-electron chi connectivity index (χ2n) is 6.99. The Kier molecular flexibility index (Phi) is 6.49. The molecular formula is C20H26N4OS. The number of imidazole rings is 1. The molecule has 2 atom stereocenters. The molecule has 2 aromatic rings. The van der Waals surface area contributed by atoms with Crippen LogP contribution in [0.1, 0.15) is 44.6 Å². The fourth-order valence-electron chi connectivity index (χ4n) is 2.36. The van der Waals surface area contributed by atoms with Crippen LogP contribution in [0.25, 0.3) is 0 Å². The zero-order valence-electron chi connectivity index (χ0n) is 16.0.